The number of fused-ring (bicyclic) bond motifs is 3. The van der Waals surface area contributed by atoms with Crippen molar-refractivity contribution in [2.75, 3.05) is 32.9 Å². The number of ether oxygens (including phenoxy) is 2. The highest BCUT2D eigenvalue weighted by Crippen LogP contribution is 2.45. The third-order valence-corrected chi connectivity index (χ3v) is 6.77. The Bertz CT molecular complexity index is 860. The van der Waals surface area contributed by atoms with Gasteiger partial charge < -0.3 is 19.5 Å². The van der Waals surface area contributed by atoms with Crippen LogP contribution in [-0.2, 0) is 9.47 Å². The van der Waals surface area contributed by atoms with Crippen molar-refractivity contribution >= 4 is 6.09 Å². The number of carbonyl (C=O) groups excluding carboxylic acids is 1. The number of likely N-dealkylation sites (tertiary alicyclic amines) is 1. The van der Waals surface area contributed by atoms with E-state index in [1.54, 1.807) is 4.90 Å². The highest BCUT2D eigenvalue weighted by atomic mass is 16.6. The van der Waals surface area contributed by atoms with Gasteiger partial charge in [0.1, 0.15) is 6.61 Å². The van der Waals surface area contributed by atoms with E-state index in [0.717, 1.165) is 19.3 Å². The van der Waals surface area contributed by atoms with Gasteiger partial charge in [-0.25, -0.2) is 4.79 Å². The Kier molecular flexibility index (Phi) is 4.80. The topological polar surface area (TPSA) is 59.0 Å². The van der Waals surface area contributed by atoms with E-state index < -0.39 is 6.10 Å². The van der Waals surface area contributed by atoms with Crippen LogP contribution in [0, 0.1) is 5.41 Å². The summed E-state index contributed by atoms with van der Waals surface area (Å²) in [5.41, 5.74) is 4.82. The molecule has 0 bridgehead atoms. The van der Waals surface area contributed by atoms with Crippen molar-refractivity contribution in [3.05, 3.63) is 59.7 Å². The van der Waals surface area contributed by atoms with Crippen LogP contribution in [0.2, 0.25) is 0 Å². The molecule has 1 atom stereocenters. The average Bonchev–Trinajstić information content (AvgIpc) is 3.06. The van der Waals surface area contributed by atoms with Crippen LogP contribution in [0.25, 0.3) is 11.1 Å². The van der Waals surface area contributed by atoms with Crippen LogP contribution in [0.4, 0.5) is 4.79 Å². The summed E-state index contributed by atoms with van der Waals surface area (Å²) in [5, 5.41) is 10.4. The maximum absolute atomic E-state index is 12.9. The van der Waals surface area contributed by atoms with Crippen LogP contribution in [0.3, 0.4) is 0 Å². The summed E-state index contributed by atoms with van der Waals surface area (Å²) in [6, 6.07) is 16.7. The number of hydrogen-bond donors (Lipinski definition) is 1. The molecule has 1 spiro atoms. The molecular weight excluding hydrogens is 366 g/mol. The SMILES string of the molecule is O=C(OCC1c2ccccc2-c2ccccc21)N1CC(O)CC2(CCOCC2)C1. The predicted molar refractivity (Wildman–Crippen MR) is 110 cm³/mol. The van der Waals surface area contributed by atoms with Crippen molar-refractivity contribution in [3.63, 3.8) is 0 Å². The third-order valence-electron chi connectivity index (χ3n) is 6.77. The summed E-state index contributed by atoms with van der Waals surface area (Å²) in [4.78, 5) is 14.6. The highest BCUT2D eigenvalue weighted by molar-refractivity contribution is 5.79. The number of piperidine rings is 1. The number of rotatable bonds is 2. The Morgan fingerprint density at radius 3 is 2.34 bits per heavy atom. The van der Waals surface area contributed by atoms with E-state index >= 15 is 0 Å². The van der Waals surface area contributed by atoms with Crippen LogP contribution in [0.5, 0.6) is 0 Å². The minimum absolute atomic E-state index is 0.0402. The maximum atomic E-state index is 12.9. The Labute approximate surface area is 171 Å². The molecule has 2 aromatic carbocycles. The zero-order chi connectivity index (χ0) is 19.8. The molecule has 29 heavy (non-hydrogen) atoms. The molecule has 1 aliphatic carbocycles. The zero-order valence-electron chi connectivity index (χ0n) is 16.5. The number of aliphatic hydroxyl groups is 1. The molecule has 2 aliphatic heterocycles. The summed E-state index contributed by atoms with van der Waals surface area (Å²) in [7, 11) is 0. The first-order valence-electron chi connectivity index (χ1n) is 10.5. The number of aliphatic hydroxyl groups excluding tert-OH is 1. The lowest BCUT2D eigenvalue weighted by atomic mass is 9.73. The molecule has 1 unspecified atom stereocenters. The van der Waals surface area contributed by atoms with Gasteiger partial charge in [-0.15, -0.1) is 0 Å². The van der Waals surface area contributed by atoms with Crippen LogP contribution in [0.15, 0.2) is 48.5 Å². The summed E-state index contributed by atoms with van der Waals surface area (Å²) in [6.45, 7) is 2.70. The van der Waals surface area contributed by atoms with Gasteiger partial charge in [-0.05, 0) is 46.9 Å². The molecule has 3 aliphatic rings. The first-order chi connectivity index (χ1) is 14.2. The number of carbonyl (C=O) groups is 1. The first-order valence-corrected chi connectivity index (χ1v) is 10.5. The van der Waals surface area contributed by atoms with Crippen molar-refractivity contribution in [3.8, 4) is 11.1 Å². The monoisotopic (exact) mass is 393 g/mol. The fourth-order valence-electron chi connectivity index (χ4n) is 5.34. The molecule has 1 amide bonds. The van der Waals surface area contributed by atoms with E-state index in [2.05, 4.69) is 24.3 Å². The lowest BCUT2D eigenvalue weighted by molar-refractivity contribution is -0.0648. The molecule has 2 aromatic rings. The van der Waals surface area contributed by atoms with E-state index in [-0.39, 0.29) is 17.4 Å². The van der Waals surface area contributed by atoms with E-state index in [1.165, 1.54) is 22.3 Å². The van der Waals surface area contributed by atoms with Gasteiger partial charge in [0.25, 0.3) is 0 Å². The molecule has 152 valence electrons. The second-order valence-electron chi connectivity index (χ2n) is 8.65. The smallest absolute Gasteiger partial charge is 0.409 e. The normalized spacial score (nSPS) is 22.9. The van der Waals surface area contributed by atoms with Crippen molar-refractivity contribution in [1.29, 1.82) is 0 Å². The van der Waals surface area contributed by atoms with E-state index in [0.29, 0.717) is 32.9 Å². The molecule has 0 radical (unpaired) electrons. The summed E-state index contributed by atoms with van der Waals surface area (Å²) in [6.07, 6.45) is 1.69. The average molecular weight is 393 g/mol. The summed E-state index contributed by atoms with van der Waals surface area (Å²) >= 11 is 0. The molecule has 2 saturated heterocycles. The van der Waals surface area contributed by atoms with Gasteiger partial charge >= 0.3 is 6.09 Å². The zero-order valence-corrected chi connectivity index (χ0v) is 16.5. The second-order valence-corrected chi connectivity index (χ2v) is 8.65. The Hall–Kier alpha value is -2.37. The van der Waals surface area contributed by atoms with Gasteiger partial charge in [0.2, 0.25) is 0 Å². The molecule has 5 rings (SSSR count). The molecular formula is C24H27NO4. The summed E-state index contributed by atoms with van der Waals surface area (Å²) in [5.74, 6) is 0.0538. The molecule has 5 heteroatoms. The van der Waals surface area contributed by atoms with E-state index in [1.807, 2.05) is 24.3 Å². The number of nitrogens with zero attached hydrogens (tertiary/aromatic N) is 1. The van der Waals surface area contributed by atoms with Gasteiger partial charge in [0.05, 0.1) is 6.10 Å². The fraction of sp³-hybridized carbons (Fsp3) is 0.458. The van der Waals surface area contributed by atoms with Crippen molar-refractivity contribution in [1.82, 2.24) is 4.90 Å². The number of β-amino-alcohol motifs (C(OH)–C–C–N with tert-alkyl or cyclic N) is 1. The minimum Gasteiger partial charge on any atom is -0.448 e. The second kappa shape index (κ2) is 7.47. The summed E-state index contributed by atoms with van der Waals surface area (Å²) < 4.78 is 11.3. The molecule has 0 saturated carbocycles. The lowest BCUT2D eigenvalue weighted by Gasteiger charge is -2.46. The van der Waals surface area contributed by atoms with Crippen molar-refractivity contribution in [2.45, 2.75) is 31.3 Å². The molecule has 2 heterocycles. The number of hydrogen-bond acceptors (Lipinski definition) is 4. The number of benzene rings is 2. The largest absolute Gasteiger partial charge is 0.448 e. The predicted octanol–water partition coefficient (Wildman–Crippen LogP) is 3.80. The minimum atomic E-state index is -0.498. The Balaban J connectivity index is 1.31. The molecule has 1 N–H and O–H groups in total. The van der Waals surface area contributed by atoms with Crippen molar-refractivity contribution < 1.29 is 19.4 Å². The maximum Gasteiger partial charge on any atom is 0.409 e. The quantitative estimate of drug-likeness (QED) is 0.843. The first kappa shape index (κ1) is 18.6. The van der Waals surface area contributed by atoms with Crippen LogP contribution in [-0.4, -0.2) is 55.1 Å². The molecule has 5 nitrogen and oxygen atoms in total. The third kappa shape index (κ3) is 3.43. The number of amides is 1. The van der Waals surface area contributed by atoms with Gasteiger partial charge in [-0.3, -0.25) is 0 Å². The highest BCUT2D eigenvalue weighted by Gasteiger charge is 2.42. The standard InChI is InChI=1S/C24H27NO4/c26-17-13-24(9-11-28-12-10-24)16-25(14-17)23(27)29-15-22-20-7-3-1-5-18(20)19-6-2-4-8-21(19)22/h1-8,17,22,26H,9-16H2. The van der Waals surface area contributed by atoms with Crippen molar-refractivity contribution in [2.24, 2.45) is 5.41 Å². The fourth-order valence-corrected chi connectivity index (χ4v) is 5.34. The molecule has 0 aromatic heterocycles. The van der Waals surface area contributed by atoms with Gasteiger partial charge in [-0.2, -0.15) is 0 Å². The van der Waals surface area contributed by atoms with Gasteiger partial charge in [-0.1, -0.05) is 48.5 Å². The van der Waals surface area contributed by atoms with E-state index in [9.17, 15) is 9.90 Å². The Morgan fingerprint density at radius 1 is 1.07 bits per heavy atom. The van der Waals surface area contributed by atoms with Crippen LogP contribution < -0.4 is 0 Å². The van der Waals surface area contributed by atoms with Crippen LogP contribution in [0.1, 0.15) is 36.3 Å². The van der Waals surface area contributed by atoms with Crippen LogP contribution >= 0.6 is 0 Å². The van der Waals surface area contributed by atoms with Gasteiger partial charge in [0.15, 0.2) is 0 Å². The Morgan fingerprint density at radius 2 is 1.69 bits per heavy atom. The van der Waals surface area contributed by atoms with E-state index in [4.69, 9.17) is 9.47 Å². The van der Waals surface area contributed by atoms with Gasteiger partial charge in [0, 0.05) is 32.2 Å². The molecule has 2 fully saturated rings. The lowest BCUT2D eigenvalue weighted by Crippen LogP contribution is -2.53.